The third-order valence-electron chi connectivity index (χ3n) is 2.25. The van der Waals surface area contributed by atoms with E-state index >= 15 is 0 Å². The van der Waals surface area contributed by atoms with Crippen molar-refractivity contribution < 1.29 is 0 Å². The van der Waals surface area contributed by atoms with Gasteiger partial charge in [0.2, 0.25) is 0 Å². The molecule has 1 aromatic carbocycles. The molecule has 0 aliphatic carbocycles. The molecular formula is C12H11BrN2. The summed E-state index contributed by atoms with van der Waals surface area (Å²) in [4.78, 5) is 4.02. The molecule has 2 N–H and O–H groups in total. The van der Waals surface area contributed by atoms with Crippen LogP contribution in [0.5, 0.6) is 0 Å². The van der Waals surface area contributed by atoms with Gasteiger partial charge >= 0.3 is 0 Å². The van der Waals surface area contributed by atoms with Crippen LogP contribution in [0.25, 0.3) is 11.1 Å². The minimum atomic E-state index is 0.522. The zero-order chi connectivity index (χ0) is 10.8. The Hall–Kier alpha value is -1.35. The lowest BCUT2D eigenvalue weighted by Crippen LogP contribution is -1.92. The molecule has 0 amide bonds. The van der Waals surface area contributed by atoms with Crippen molar-refractivity contribution in [3.8, 4) is 11.1 Å². The molecule has 0 aliphatic rings. The Labute approximate surface area is 97.3 Å². The summed E-state index contributed by atoms with van der Waals surface area (Å²) in [5.41, 5.74) is 9.19. The molecule has 0 spiro atoms. The van der Waals surface area contributed by atoms with Gasteiger partial charge in [-0.1, -0.05) is 29.8 Å². The van der Waals surface area contributed by atoms with Crippen LogP contribution < -0.4 is 5.73 Å². The third kappa shape index (κ3) is 2.02. The van der Waals surface area contributed by atoms with Gasteiger partial charge in [0.25, 0.3) is 0 Å². The van der Waals surface area contributed by atoms with Crippen molar-refractivity contribution in [2.45, 2.75) is 6.92 Å². The fourth-order valence-electron chi connectivity index (χ4n) is 1.50. The zero-order valence-corrected chi connectivity index (χ0v) is 9.95. The van der Waals surface area contributed by atoms with E-state index in [0.29, 0.717) is 5.82 Å². The second-order valence-corrected chi connectivity index (χ2v) is 4.22. The summed E-state index contributed by atoms with van der Waals surface area (Å²) >= 11 is 3.45. The number of halogens is 1. The fourth-order valence-corrected chi connectivity index (χ4v) is 1.96. The SMILES string of the molecule is Cc1cccc(-c2ccnc(N)c2Br)c1. The van der Waals surface area contributed by atoms with Crippen LogP contribution in [0.4, 0.5) is 5.82 Å². The number of rotatable bonds is 1. The van der Waals surface area contributed by atoms with Gasteiger partial charge in [-0.05, 0) is 34.5 Å². The van der Waals surface area contributed by atoms with Crippen LogP contribution in [0.2, 0.25) is 0 Å². The maximum atomic E-state index is 5.74. The number of nitrogens with zero attached hydrogens (tertiary/aromatic N) is 1. The van der Waals surface area contributed by atoms with E-state index in [1.807, 2.05) is 12.1 Å². The number of aromatic nitrogens is 1. The molecule has 0 aliphatic heterocycles. The lowest BCUT2D eigenvalue weighted by molar-refractivity contribution is 1.32. The summed E-state index contributed by atoms with van der Waals surface area (Å²) < 4.78 is 0.857. The molecular weight excluding hydrogens is 252 g/mol. The molecule has 0 fully saturated rings. The Bertz CT molecular complexity index is 495. The van der Waals surface area contributed by atoms with Crippen LogP contribution in [0.1, 0.15) is 5.56 Å². The van der Waals surface area contributed by atoms with Crippen LogP contribution in [0.3, 0.4) is 0 Å². The largest absolute Gasteiger partial charge is 0.383 e. The van der Waals surface area contributed by atoms with Crippen LogP contribution in [0, 0.1) is 6.92 Å². The first-order valence-corrected chi connectivity index (χ1v) is 5.45. The summed E-state index contributed by atoms with van der Waals surface area (Å²) in [5.74, 6) is 0.522. The average molecular weight is 263 g/mol. The summed E-state index contributed by atoms with van der Waals surface area (Å²) in [5, 5.41) is 0. The molecule has 2 aromatic rings. The number of hydrogen-bond donors (Lipinski definition) is 1. The van der Waals surface area contributed by atoms with Gasteiger partial charge in [-0.2, -0.15) is 0 Å². The zero-order valence-electron chi connectivity index (χ0n) is 8.37. The second kappa shape index (κ2) is 4.03. The molecule has 0 bridgehead atoms. The maximum Gasteiger partial charge on any atom is 0.138 e. The van der Waals surface area contributed by atoms with E-state index in [4.69, 9.17) is 5.73 Å². The Kier molecular flexibility index (Phi) is 2.73. The number of pyridine rings is 1. The van der Waals surface area contributed by atoms with Crippen molar-refractivity contribution in [2.75, 3.05) is 5.73 Å². The number of anilines is 1. The molecule has 0 saturated carbocycles. The second-order valence-electron chi connectivity index (χ2n) is 3.43. The monoisotopic (exact) mass is 262 g/mol. The predicted octanol–water partition coefficient (Wildman–Crippen LogP) is 3.40. The van der Waals surface area contributed by atoms with Gasteiger partial charge in [0, 0.05) is 11.8 Å². The van der Waals surface area contributed by atoms with Crippen molar-refractivity contribution in [1.82, 2.24) is 4.98 Å². The molecule has 1 heterocycles. The van der Waals surface area contributed by atoms with Crippen LogP contribution in [0.15, 0.2) is 41.0 Å². The normalized spacial score (nSPS) is 10.3. The van der Waals surface area contributed by atoms with Crippen molar-refractivity contribution in [3.05, 3.63) is 46.6 Å². The summed E-state index contributed by atoms with van der Waals surface area (Å²) in [6.07, 6.45) is 1.72. The van der Waals surface area contributed by atoms with Gasteiger partial charge in [0.1, 0.15) is 5.82 Å². The molecule has 0 atom stereocenters. The summed E-state index contributed by atoms with van der Waals surface area (Å²) in [7, 11) is 0. The van der Waals surface area contributed by atoms with Crippen molar-refractivity contribution in [1.29, 1.82) is 0 Å². The van der Waals surface area contributed by atoms with Gasteiger partial charge in [-0.25, -0.2) is 4.98 Å². The molecule has 0 saturated heterocycles. The molecule has 76 valence electrons. The van der Waals surface area contributed by atoms with E-state index < -0.39 is 0 Å². The smallest absolute Gasteiger partial charge is 0.138 e. The minimum absolute atomic E-state index is 0.522. The summed E-state index contributed by atoms with van der Waals surface area (Å²) in [6, 6.07) is 10.2. The van der Waals surface area contributed by atoms with Crippen LogP contribution >= 0.6 is 15.9 Å². The van der Waals surface area contributed by atoms with E-state index in [0.717, 1.165) is 15.6 Å². The molecule has 0 unspecified atom stereocenters. The number of hydrogen-bond acceptors (Lipinski definition) is 2. The van der Waals surface area contributed by atoms with E-state index in [-0.39, 0.29) is 0 Å². The Morgan fingerprint density at radius 1 is 1.27 bits per heavy atom. The number of nitrogens with two attached hydrogens (primary N) is 1. The maximum absolute atomic E-state index is 5.74. The van der Waals surface area contributed by atoms with E-state index in [1.54, 1.807) is 6.20 Å². The third-order valence-corrected chi connectivity index (χ3v) is 3.08. The first-order chi connectivity index (χ1) is 7.18. The Balaban J connectivity index is 2.59. The molecule has 3 heteroatoms. The lowest BCUT2D eigenvalue weighted by atomic mass is 10.0. The highest BCUT2D eigenvalue weighted by Crippen LogP contribution is 2.31. The van der Waals surface area contributed by atoms with Gasteiger partial charge in [-0.3, -0.25) is 0 Å². The topological polar surface area (TPSA) is 38.9 Å². The highest BCUT2D eigenvalue weighted by molar-refractivity contribution is 9.10. The van der Waals surface area contributed by atoms with Crippen molar-refractivity contribution >= 4 is 21.7 Å². The van der Waals surface area contributed by atoms with Crippen LogP contribution in [-0.4, -0.2) is 4.98 Å². The van der Waals surface area contributed by atoms with E-state index in [1.165, 1.54) is 5.56 Å². The lowest BCUT2D eigenvalue weighted by Gasteiger charge is -2.06. The number of benzene rings is 1. The Morgan fingerprint density at radius 2 is 2.07 bits per heavy atom. The molecule has 15 heavy (non-hydrogen) atoms. The van der Waals surface area contributed by atoms with E-state index in [9.17, 15) is 0 Å². The first-order valence-electron chi connectivity index (χ1n) is 4.65. The van der Waals surface area contributed by atoms with Gasteiger partial charge in [0.15, 0.2) is 0 Å². The molecule has 2 rings (SSSR count). The molecule has 1 aromatic heterocycles. The number of nitrogen functional groups attached to an aromatic ring is 1. The van der Waals surface area contributed by atoms with Crippen molar-refractivity contribution in [3.63, 3.8) is 0 Å². The van der Waals surface area contributed by atoms with Gasteiger partial charge in [0.05, 0.1) is 4.47 Å². The van der Waals surface area contributed by atoms with Gasteiger partial charge in [-0.15, -0.1) is 0 Å². The predicted molar refractivity (Wildman–Crippen MR) is 66.5 cm³/mol. The average Bonchev–Trinajstić information content (AvgIpc) is 2.22. The van der Waals surface area contributed by atoms with Crippen molar-refractivity contribution in [2.24, 2.45) is 0 Å². The minimum Gasteiger partial charge on any atom is -0.383 e. The van der Waals surface area contributed by atoms with Gasteiger partial charge < -0.3 is 5.73 Å². The van der Waals surface area contributed by atoms with E-state index in [2.05, 4.69) is 46.0 Å². The highest BCUT2D eigenvalue weighted by atomic mass is 79.9. The molecule has 2 nitrogen and oxygen atoms in total. The quantitative estimate of drug-likeness (QED) is 0.856. The van der Waals surface area contributed by atoms with Crippen LogP contribution in [-0.2, 0) is 0 Å². The number of aryl methyl sites for hydroxylation is 1. The first kappa shape index (κ1) is 10.2. The summed E-state index contributed by atoms with van der Waals surface area (Å²) in [6.45, 7) is 2.07. The Morgan fingerprint density at radius 3 is 2.80 bits per heavy atom. The standard InChI is InChI=1S/C12H11BrN2/c1-8-3-2-4-9(7-8)10-5-6-15-12(14)11(10)13/h2-7H,1H3,(H2,14,15). The fraction of sp³-hybridized carbons (Fsp3) is 0.0833. The highest BCUT2D eigenvalue weighted by Gasteiger charge is 2.06. The molecule has 0 radical (unpaired) electrons.